The van der Waals surface area contributed by atoms with Gasteiger partial charge in [-0.15, -0.1) is 0 Å². The summed E-state index contributed by atoms with van der Waals surface area (Å²) < 4.78 is 2.93. The van der Waals surface area contributed by atoms with Gasteiger partial charge in [-0.25, -0.2) is 5.43 Å². The van der Waals surface area contributed by atoms with Crippen LogP contribution in [0.15, 0.2) is 64.2 Å². The summed E-state index contributed by atoms with van der Waals surface area (Å²) in [5.41, 5.74) is 6.52. The molecular formula is C21H18BrClN4O2. The Morgan fingerprint density at radius 3 is 2.34 bits per heavy atom. The summed E-state index contributed by atoms with van der Waals surface area (Å²) in [4.78, 5) is 23.9. The molecule has 3 rings (SSSR count). The van der Waals surface area contributed by atoms with Crippen LogP contribution in [-0.2, 0) is 9.59 Å². The van der Waals surface area contributed by atoms with E-state index in [1.165, 1.54) is 6.21 Å². The van der Waals surface area contributed by atoms with Gasteiger partial charge in [-0.1, -0.05) is 27.5 Å². The molecule has 148 valence electrons. The van der Waals surface area contributed by atoms with Crippen LogP contribution in [0.25, 0.3) is 5.69 Å². The summed E-state index contributed by atoms with van der Waals surface area (Å²) in [5.74, 6) is -1.65. The van der Waals surface area contributed by atoms with Gasteiger partial charge in [-0.3, -0.25) is 9.59 Å². The highest BCUT2D eigenvalue weighted by molar-refractivity contribution is 9.10. The Bertz CT molecular complexity index is 1070. The lowest BCUT2D eigenvalue weighted by Crippen LogP contribution is -2.32. The smallest absolute Gasteiger partial charge is 0.318 e. The van der Waals surface area contributed by atoms with Crippen molar-refractivity contribution in [3.8, 4) is 5.69 Å². The third kappa shape index (κ3) is 5.13. The van der Waals surface area contributed by atoms with E-state index < -0.39 is 11.8 Å². The van der Waals surface area contributed by atoms with Crippen LogP contribution >= 0.6 is 27.5 Å². The third-order valence-corrected chi connectivity index (χ3v) is 5.01. The van der Waals surface area contributed by atoms with E-state index in [0.29, 0.717) is 10.7 Å². The largest absolute Gasteiger partial charge is 0.329 e. The molecule has 3 aromatic rings. The van der Waals surface area contributed by atoms with E-state index in [-0.39, 0.29) is 0 Å². The Balaban J connectivity index is 1.66. The van der Waals surface area contributed by atoms with Crippen molar-refractivity contribution in [3.05, 3.63) is 81.0 Å². The molecule has 0 spiro atoms. The molecule has 1 aromatic heterocycles. The van der Waals surface area contributed by atoms with Gasteiger partial charge in [0.2, 0.25) is 0 Å². The highest BCUT2D eigenvalue weighted by Gasteiger charge is 2.13. The quantitative estimate of drug-likeness (QED) is 0.330. The minimum Gasteiger partial charge on any atom is -0.318 e. The first-order valence-corrected chi connectivity index (χ1v) is 9.87. The molecule has 6 nitrogen and oxygen atoms in total. The maximum Gasteiger partial charge on any atom is 0.329 e. The topological polar surface area (TPSA) is 75.5 Å². The van der Waals surface area contributed by atoms with Crippen LogP contribution in [0.2, 0.25) is 5.02 Å². The molecule has 0 atom stereocenters. The number of benzene rings is 2. The van der Waals surface area contributed by atoms with Crippen LogP contribution in [0.5, 0.6) is 0 Å². The summed E-state index contributed by atoms with van der Waals surface area (Å²) in [6.07, 6.45) is 1.51. The first kappa shape index (κ1) is 20.8. The van der Waals surface area contributed by atoms with Gasteiger partial charge in [0.15, 0.2) is 0 Å². The SMILES string of the molecule is Cc1cc(/C=N\NC(=O)C(=O)Nc2ccc(Br)cc2)c(C)n1-c1ccc(Cl)cc1. The van der Waals surface area contributed by atoms with E-state index >= 15 is 0 Å². The fraction of sp³-hybridized carbons (Fsp3) is 0.0952. The predicted molar refractivity (Wildman–Crippen MR) is 119 cm³/mol. The van der Waals surface area contributed by atoms with Crippen molar-refractivity contribution in [2.24, 2.45) is 5.10 Å². The van der Waals surface area contributed by atoms with Crippen molar-refractivity contribution in [3.63, 3.8) is 0 Å². The van der Waals surface area contributed by atoms with Crippen molar-refractivity contribution >= 4 is 51.2 Å². The van der Waals surface area contributed by atoms with Gasteiger partial charge in [0.1, 0.15) is 0 Å². The van der Waals surface area contributed by atoms with Gasteiger partial charge >= 0.3 is 11.8 Å². The average molecular weight is 474 g/mol. The molecule has 0 fully saturated rings. The Labute approximate surface area is 181 Å². The number of nitrogens with one attached hydrogen (secondary N) is 2. The van der Waals surface area contributed by atoms with E-state index in [0.717, 1.165) is 27.1 Å². The molecular weight excluding hydrogens is 456 g/mol. The molecule has 0 aliphatic rings. The second kappa shape index (κ2) is 9.07. The highest BCUT2D eigenvalue weighted by Crippen LogP contribution is 2.21. The number of nitrogens with zero attached hydrogens (tertiary/aromatic N) is 2. The fourth-order valence-electron chi connectivity index (χ4n) is 2.84. The zero-order chi connectivity index (χ0) is 21.0. The van der Waals surface area contributed by atoms with Gasteiger partial charge in [-0.05, 0) is 68.4 Å². The minimum atomic E-state index is -0.851. The highest BCUT2D eigenvalue weighted by atomic mass is 79.9. The molecule has 0 radical (unpaired) electrons. The zero-order valence-electron chi connectivity index (χ0n) is 15.7. The summed E-state index contributed by atoms with van der Waals surface area (Å²) >= 11 is 9.27. The molecule has 2 amide bonds. The van der Waals surface area contributed by atoms with Crippen LogP contribution in [0.4, 0.5) is 5.69 Å². The second-order valence-electron chi connectivity index (χ2n) is 6.30. The van der Waals surface area contributed by atoms with Gasteiger partial charge in [0, 0.05) is 37.8 Å². The molecule has 0 aliphatic carbocycles. The van der Waals surface area contributed by atoms with Crippen LogP contribution in [-0.4, -0.2) is 22.6 Å². The van der Waals surface area contributed by atoms with Crippen molar-refractivity contribution < 1.29 is 9.59 Å². The van der Waals surface area contributed by atoms with Gasteiger partial charge in [-0.2, -0.15) is 5.10 Å². The van der Waals surface area contributed by atoms with E-state index in [2.05, 4.69) is 36.3 Å². The zero-order valence-corrected chi connectivity index (χ0v) is 18.1. The molecule has 8 heteroatoms. The van der Waals surface area contributed by atoms with E-state index in [9.17, 15) is 9.59 Å². The number of hydrazone groups is 1. The first-order valence-electron chi connectivity index (χ1n) is 8.70. The molecule has 29 heavy (non-hydrogen) atoms. The van der Waals surface area contributed by atoms with Crippen LogP contribution in [0.3, 0.4) is 0 Å². The average Bonchev–Trinajstić information content (AvgIpc) is 2.97. The Morgan fingerprint density at radius 2 is 1.69 bits per heavy atom. The number of halogens is 2. The van der Waals surface area contributed by atoms with Crippen molar-refractivity contribution in [2.45, 2.75) is 13.8 Å². The number of hydrogen-bond acceptors (Lipinski definition) is 3. The maximum atomic E-state index is 12.0. The molecule has 0 saturated carbocycles. The van der Waals surface area contributed by atoms with Crippen LogP contribution in [0.1, 0.15) is 17.0 Å². The van der Waals surface area contributed by atoms with E-state index in [4.69, 9.17) is 11.6 Å². The Morgan fingerprint density at radius 1 is 1.03 bits per heavy atom. The number of carbonyl (C=O) groups is 2. The number of carbonyl (C=O) groups excluding carboxylic acids is 2. The molecule has 0 aliphatic heterocycles. The number of rotatable bonds is 4. The number of aryl methyl sites for hydroxylation is 1. The predicted octanol–water partition coefficient (Wildman–Crippen LogP) is 4.60. The van der Waals surface area contributed by atoms with E-state index in [1.807, 2.05) is 44.2 Å². The van der Waals surface area contributed by atoms with Crippen LogP contribution in [0, 0.1) is 13.8 Å². The fourth-order valence-corrected chi connectivity index (χ4v) is 3.23. The first-order chi connectivity index (χ1) is 13.8. The maximum absolute atomic E-state index is 12.0. The second-order valence-corrected chi connectivity index (χ2v) is 7.65. The van der Waals surface area contributed by atoms with Crippen LogP contribution < -0.4 is 10.7 Å². The third-order valence-electron chi connectivity index (χ3n) is 4.23. The molecule has 2 aromatic carbocycles. The summed E-state index contributed by atoms with van der Waals surface area (Å²) in [6, 6.07) is 16.4. The number of hydrogen-bond donors (Lipinski definition) is 2. The standard InChI is InChI=1S/C21H18BrClN4O2/c1-13-11-15(14(2)27(13)19-9-5-17(23)6-10-19)12-24-26-21(29)20(28)25-18-7-3-16(22)4-8-18/h3-12H,1-2H3,(H,25,28)(H,26,29)/b24-12-. The lowest BCUT2D eigenvalue weighted by molar-refractivity contribution is -0.136. The number of aromatic nitrogens is 1. The molecule has 0 bridgehead atoms. The van der Waals surface area contributed by atoms with Crippen molar-refractivity contribution in [2.75, 3.05) is 5.32 Å². The molecule has 0 saturated heterocycles. The summed E-state index contributed by atoms with van der Waals surface area (Å²) in [5, 5.41) is 7.09. The molecule has 2 N–H and O–H groups in total. The monoisotopic (exact) mass is 472 g/mol. The van der Waals surface area contributed by atoms with Gasteiger partial charge in [0.25, 0.3) is 0 Å². The summed E-state index contributed by atoms with van der Waals surface area (Å²) in [6.45, 7) is 3.92. The van der Waals surface area contributed by atoms with E-state index in [1.54, 1.807) is 24.3 Å². The lowest BCUT2D eigenvalue weighted by Gasteiger charge is -2.09. The number of amides is 2. The summed E-state index contributed by atoms with van der Waals surface area (Å²) in [7, 11) is 0. The Kier molecular flexibility index (Phi) is 6.51. The lowest BCUT2D eigenvalue weighted by atomic mass is 10.2. The van der Waals surface area contributed by atoms with Crippen molar-refractivity contribution in [1.29, 1.82) is 0 Å². The molecule has 0 unspecified atom stereocenters. The normalized spacial score (nSPS) is 10.9. The van der Waals surface area contributed by atoms with Gasteiger partial charge in [0.05, 0.1) is 6.21 Å². The number of anilines is 1. The molecule has 1 heterocycles. The minimum absolute atomic E-state index is 0.517. The van der Waals surface area contributed by atoms with Crippen molar-refractivity contribution in [1.82, 2.24) is 9.99 Å². The van der Waals surface area contributed by atoms with Gasteiger partial charge < -0.3 is 9.88 Å². The Hall–Kier alpha value is -2.90.